The minimum atomic E-state index is -0.764. The lowest BCUT2D eigenvalue weighted by Gasteiger charge is -2.21. The summed E-state index contributed by atoms with van der Waals surface area (Å²) in [5, 5.41) is 15.8. The number of hydrogen-bond donors (Lipinski definition) is 3. The summed E-state index contributed by atoms with van der Waals surface area (Å²) in [5.41, 5.74) is 5.18. The van der Waals surface area contributed by atoms with E-state index in [0.717, 1.165) is 6.07 Å². The Morgan fingerprint density at radius 1 is 1.38 bits per heavy atom. The van der Waals surface area contributed by atoms with E-state index < -0.39 is 16.9 Å². The molecule has 0 heterocycles. The van der Waals surface area contributed by atoms with E-state index in [-0.39, 0.29) is 40.5 Å². The van der Waals surface area contributed by atoms with Gasteiger partial charge in [0.2, 0.25) is 5.91 Å². The summed E-state index contributed by atoms with van der Waals surface area (Å²) in [6, 6.07) is 2.76. The Morgan fingerprint density at radius 3 is 2.46 bits per heavy atom. The maximum Gasteiger partial charge on any atom is 0.270 e. The number of benzene rings is 1. The maximum absolute atomic E-state index is 12.3. The van der Waals surface area contributed by atoms with Crippen LogP contribution in [0.2, 0.25) is 5.02 Å². The third-order valence-corrected chi connectivity index (χ3v) is 3.40. The molecular weight excluding hydrogens is 359 g/mol. The van der Waals surface area contributed by atoms with Crippen molar-refractivity contribution in [2.45, 2.75) is 19.9 Å². The number of amides is 2. The minimum Gasteiger partial charge on any atom is -0.353 e. The second-order valence-corrected chi connectivity index (χ2v) is 5.60. The quantitative estimate of drug-likeness (QED) is 0.489. The van der Waals surface area contributed by atoms with E-state index in [9.17, 15) is 19.7 Å². The molecule has 10 heteroatoms. The highest BCUT2D eigenvalue weighted by atomic mass is 35.5. The molecule has 0 spiro atoms. The van der Waals surface area contributed by atoms with Crippen LogP contribution in [0.4, 0.5) is 5.69 Å². The number of non-ortho nitro benzene ring substituents is 1. The van der Waals surface area contributed by atoms with Crippen LogP contribution in [0.3, 0.4) is 0 Å². The van der Waals surface area contributed by atoms with Gasteiger partial charge in [-0.2, -0.15) is 0 Å². The molecule has 0 aromatic heterocycles. The van der Waals surface area contributed by atoms with Gasteiger partial charge < -0.3 is 16.4 Å². The highest BCUT2D eigenvalue weighted by Gasteiger charge is 2.25. The van der Waals surface area contributed by atoms with Gasteiger partial charge in [-0.25, -0.2) is 0 Å². The van der Waals surface area contributed by atoms with E-state index in [4.69, 9.17) is 17.3 Å². The van der Waals surface area contributed by atoms with Gasteiger partial charge in [0.15, 0.2) is 0 Å². The van der Waals surface area contributed by atoms with E-state index in [1.165, 1.54) is 12.1 Å². The number of carbonyl (C=O) groups is 2. The number of nitrogens with one attached hydrogen (secondary N) is 2. The molecule has 1 aromatic carbocycles. The highest BCUT2D eigenvalue weighted by molar-refractivity contribution is 6.34. The Balaban J connectivity index is 0.00000529. The van der Waals surface area contributed by atoms with E-state index >= 15 is 0 Å². The summed E-state index contributed by atoms with van der Waals surface area (Å²) in [6.07, 6.45) is 0. The maximum atomic E-state index is 12.3. The van der Waals surface area contributed by atoms with E-state index in [1.54, 1.807) is 13.8 Å². The SMILES string of the molecule is CC(C)C(NC(=O)c1ccc([N+](=O)[O-])cc1Cl)C(=O)NCCN.Cl. The third kappa shape index (κ3) is 5.95. The standard InChI is InChI=1S/C14H19ClN4O4.ClH/c1-8(2)12(14(21)17-6-5-16)18-13(20)10-4-3-9(19(22)23)7-11(10)15;/h3-4,7-8,12H,5-6,16H2,1-2H3,(H,17,21)(H,18,20);1H. The van der Waals surface area contributed by atoms with Crippen molar-refractivity contribution in [3.63, 3.8) is 0 Å². The van der Waals surface area contributed by atoms with Crippen molar-refractivity contribution in [1.82, 2.24) is 10.6 Å². The lowest BCUT2D eigenvalue weighted by Crippen LogP contribution is -2.50. The molecule has 134 valence electrons. The van der Waals surface area contributed by atoms with Crippen molar-refractivity contribution in [3.8, 4) is 0 Å². The highest BCUT2D eigenvalue weighted by Crippen LogP contribution is 2.22. The average Bonchev–Trinajstić information content (AvgIpc) is 2.49. The summed E-state index contributed by atoms with van der Waals surface area (Å²) in [5.74, 6) is -1.09. The number of carbonyl (C=O) groups excluding carboxylic acids is 2. The van der Waals surface area contributed by atoms with Crippen LogP contribution < -0.4 is 16.4 Å². The summed E-state index contributed by atoms with van der Waals surface area (Å²) in [7, 11) is 0. The zero-order valence-corrected chi connectivity index (χ0v) is 14.8. The van der Waals surface area contributed by atoms with Crippen LogP contribution in [-0.4, -0.2) is 35.9 Å². The largest absolute Gasteiger partial charge is 0.353 e. The predicted molar refractivity (Wildman–Crippen MR) is 93.5 cm³/mol. The molecule has 0 radical (unpaired) electrons. The van der Waals surface area contributed by atoms with Crippen molar-refractivity contribution >= 4 is 41.5 Å². The molecule has 1 rings (SSSR count). The zero-order chi connectivity index (χ0) is 17.6. The van der Waals surface area contributed by atoms with E-state index in [2.05, 4.69) is 10.6 Å². The molecule has 2 amide bonds. The second kappa shape index (κ2) is 10.1. The Hall–Kier alpha value is -1.90. The summed E-state index contributed by atoms with van der Waals surface area (Å²) in [6.45, 7) is 4.16. The summed E-state index contributed by atoms with van der Waals surface area (Å²) in [4.78, 5) is 34.4. The molecule has 0 bridgehead atoms. The van der Waals surface area contributed by atoms with Crippen LogP contribution in [0, 0.1) is 16.0 Å². The molecule has 0 aliphatic heterocycles. The number of nitro benzene ring substituents is 1. The predicted octanol–water partition coefficient (Wildman–Crippen LogP) is 1.50. The van der Waals surface area contributed by atoms with Crippen molar-refractivity contribution < 1.29 is 14.5 Å². The van der Waals surface area contributed by atoms with Crippen LogP contribution in [0.15, 0.2) is 18.2 Å². The van der Waals surface area contributed by atoms with Gasteiger partial charge in [0, 0.05) is 25.2 Å². The van der Waals surface area contributed by atoms with Crippen LogP contribution >= 0.6 is 24.0 Å². The van der Waals surface area contributed by atoms with Gasteiger partial charge in [-0.05, 0) is 12.0 Å². The van der Waals surface area contributed by atoms with Gasteiger partial charge in [0.05, 0.1) is 15.5 Å². The Bertz CT molecular complexity index is 610. The first-order chi connectivity index (χ1) is 10.8. The number of nitrogens with two attached hydrogens (primary N) is 1. The van der Waals surface area contributed by atoms with Gasteiger partial charge in [-0.15, -0.1) is 12.4 Å². The first kappa shape index (κ1) is 22.1. The molecule has 1 aromatic rings. The second-order valence-electron chi connectivity index (χ2n) is 5.20. The Morgan fingerprint density at radius 2 is 2.00 bits per heavy atom. The monoisotopic (exact) mass is 378 g/mol. The molecule has 0 fully saturated rings. The number of hydrogen-bond acceptors (Lipinski definition) is 5. The van der Waals surface area contributed by atoms with E-state index in [0.29, 0.717) is 13.1 Å². The molecule has 8 nitrogen and oxygen atoms in total. The van der Waals surface area contributed by atoms with Crippen LogP contribution in [0.25, 0.3) is 0 Å². The summed E-state index contributed by atoms with van der Waals surface area (Å²) >= 11 is 5.91. The van der Waals surface area contributed by atoms with Crippen molar-refractivity contribution in [2.75, 3.05) is 13.1 Å². The molecule has 0 saturated carbocycles. The molecule has 24 heavy (non-hydrogen) atoms. The molecule has 0 saturated heterocycles. The Labute approximate surface area is 150 Å². The summed E-state index contributed by atoms with van der Waals surface area (Å²) < 4.78 is 0. The van der Waals surface area contributed by atoms with Gasteiger partial charge in [-0.3, -0.25) is 19.7 Å². The van der Waals surface area contributed by atoms with Crippen LogP contribution in [0.5, 0.6) is 0 Å². The Kier molecular flexibility index (Phi) is 9.27. The smallest absolute Gasteiger partial charge is 0.270 e. The van der Waals surface area contributed by atoms with Crippen LogP contribution in [-0.2, 0) is 4.79 Å². The fourth-order valence-electron chi connectivity index (χ4n) is 1.86. The lowest BCUT2D eigenvalue weighted by molar-refractivity contribution is -0.384. The fourth-order valence-corrected chi connectivity index (χ4v) is 2.12. The number of halogens is 2. The molecule has 4 N–H and O–H groups in total. The van der Waals surface area contributed by atoms with Gasteiger partial charge >= 0.3 is 0 Å². The molecule has 0 aliphatic carbocycles. The molecule has 1 atom stereocenters. The van der Waals surface area contributed by atoms with Gasteiger partial charge in [-0.1, -0.05) is 25.4 Å². The molecule has 0 aliphatic rings. The number of nitro groups is 1. The van der Waals surface area contributed by atoms with Crippen LogP contribution in [0.1, 0.15) is 24.2 Å². The number of rotatable bonds is 7. The van der Waals surface area contributed by atoms with Gasteiger partial charge in [0.25, 0.3) is 11.6 Å². The topological polar surface area (TPSA) is 127 Å². The third-order valence-electron chi connectivity index (χ3n) is 3.09. The molecular formula is C14H20Cl2N4O4. The normalized spacial score (nSPS) is 11.4. The number of nitrogens with zero attached hydrogens (tertiary/aromatic N) is 1. The first-order valence-corrected chi connectivity index (χ1v) is 7.38. The van der Waals surface area contributed by atoms with E-state index in [1.807, 2.05) is 0 Å². The first-order valence-electron chi connectivity index (χ1n) is 7.00. The fraction of sp³-hybridized carbons (Fsp3) is 0.429. The van der Waals surface area contributed by atoms with Gasteiger partial charge in [0.1, 0.15) is 6.04 Å². The average molecular weight is 379 g/mol. The zero-order valence-electron chi connectivity index (χ0n) is 13.2. The molecule has 1 unspecified atom stereocenters. The van der Waals surface area contributed by atoms with Crippen molar-refractivity contribution in [3.05, 3.63) is 38.9 Å². The lowest BCUT2D eigenvalue weighted by atomic mass is 10.0. The van der Waals surface area contributed by atoms with Crippen molar-refractivity contribution in [1.29, 1.82) is 0 Å². The van der Waals surface area contributed by atoms with Crippen molar-refractivity contribution in [2.24, 2.45) is 11.7 Å². The minimum absolute atomic E-state index is 0.